The lowest BCUT2D eigenvalue weighted by Gasteiger charge is -2.33. The predicted molar refractivity (Wildman–Crippen MR) is 94.4 cm³/mol. The maximum absolute atomic E-state index is 13.4. The van der Waals surface area contributed by atoms with Crippen molar-refractivity contribution in [3.05, 3.63) is 77.2 Å². The van der Waals surface area contributed by atoms with Gasteiger partial charge in [0, 0.05) is 18.7 Å². The molecule has 1 atom stereocenters. The van der Waals surface area contributed by atoms with Crippen LogP contribution in [0.5, 0.6) is 0 Å². The minimum Gasteiger partial charge on any atom is -0.453 e. The molecular formula is C21H20FNO2. The van der Waals surface area contributed by atoms with Crippen molar-refractivity contribution in [2.24, 2.45) is 0 Å². The van der Waals surface area contributed by atoms with Crippen LogP contribution in [0.25, 0.3) is 6.08 Å². The van der Waals surface area contributed by atoms with Crippen LogP contribution in [0.1, 0.15) is 35.2 Å². The molecule has 0 aromatic heterocycles. The van der Waals surface area contributed by atoms with E-state index in [2.05, 4.69) is 23.1 Å². The van der Waals surface area contributed by atoms with Gasteiger partial charge in [-0.1, -0.05) is 36.4 Å². The summed E-state index contributed by atoms with van der Waals surface area (Å²) < 4.78 is 19.3. The Morgan fingerprint density at radius 3 is 2.80 bits per heavy atom. The van der Waals surface area contributed by atoms with Crippen LogP contribution in [0.4, 0.5) is 4.39 Å². The van der Waals surface area contributed by atoms with Crippen LogP contribution in [-0.2, 0) is 4.74 Å². The fraction of sp³-hybridized carbons (Fsp3) is 0.286. The van der Waals surface area contributed by atoms with Crippen LogP contribution >= 0.6 is 0 Å². The Morgan fingerprint density at radius 2 is 2.00 bits per heavy atom. The first-order chi connectivity index (χ1) is 12.1. The van der Waals surface area contributed by atoms with Crippen molar-refractivity contribution >= 4 is 12.0 Å². The average Bonchev–Trinajstić information content (AvgIpc) is 2.85. The molecule has 0 amide bonds. The lowest BCUT2D eigenvalue weighted by Crippen LogP contribution is -2.42. The number of esters is 1. The van der Waals surface area contributed by atoms with Gasteiger partial charge in [-0.3, -0.25) is 0 Å². The SMILES string of the molecule is O=C(OC12CCCN(C1)/C(=C/c1ccccc1)C2)c1cccc(F)c1. The van der Waals surface area contributed by atoms with E-state index >= 15 is 0 Å². The van der Waals surface area contributed by atoms with E-state index in [1.165, 1.54) is 23.9 Å². The molecule has 0 radical (unpaired) electrons. The first-order valence-corrected chi connectivity index (χ1v) is 8.63. The molecule has 2 heterocycles. The van der Waals surface area contributed by atoms with Crippen molar-refractivity contribution in [2.75, 3.05) is 13.1 Å². The van der Waals surface area contributed by atoms with E-state index in [-0.39, 0.29) is 5.56 Å². The first kappa shape index (κ1) is 15.9. The number of halogens is 1. The molecule has 2 fully saturated rings. The van der Waals surface area contributed by atoms with Gasteiger partial charge < -0.3 is 9.64 Å². The summed E-state index contributed by atoms with van der Waals surface area (Å²) >= 11 is 0. The Hall–Kier alpha value is -2.62. The van der Waals surface area contributed by atoms with Gasteiger partial charge in [0.2, 0.25) is 0 Å². The molecule has 2 bridgehead atoms. The number of hydrogen-bond acceptors (Lipinski definition) is 3. The summed E-state index contributed by atoms with van der Waals surface area (Å²) in [5.41, 5.74) is 2.13. The largest absolute Gasteiger partial charge is 0.453 e. The van der Waals surface area contributed by atoms with Crippen LogP contribution in [0.3, 0.4) is 0 Å². The highest BCUT2D eigenvalue weighted by Crippen LogP contribution is 2.41. The molecule has 0 saturated carbocycles. The fourth-order valence-corrected chi connectivity index (χ4v) is 3.80. The molecule has 2 aromatic rings. The summed E-state index contributed by atoms with van der Waals surface area (Å²) in [5.74, 6) is -0.865. The lowest BCUT2D eigenvalue weighted by atomic mass is 9.94. The van der Waals surface area contributed by atoms with Crippen LogP contribution in [-0.4, -0.2) is 29.6 Å². The molecule has 4 rings (SSSR count). The predicted octanol–water partition coefficient (Wildman–Crippen LogP) is 4.26. The van der Waals surface area contributed by atoms with E-state index in [1.807, 2.05) is 18.2 Å². The number of carbonyl (C=O) groups excluding carboxylic acids is 1. The molecule has 128 valence electrons. The first-order valence-electron chi connectivity index (χ1n) is 8.63. The topological polar surface area (TPSA) is 29.5 Å². The van der Waals surface area contributed by atoms with Crippen LogP contribution in [0.15, 0.2) is 60.3 Å². The van der Waals surface area contributed by atoms with Crippen LogP contribution < -0.4 is 0 Å². The maximum atomic E-state index is 13.4. The van der Waals surface area contributed by atoms with Gasteiger partial charge in [-0.05, 0) is 42.7 Å². The molecule has 2 saturated heterocycles. The highest BCUT2D eigenvalue weighted by Gasteiger charge is 2.46. The van der Waals surface area contributed by atoms with Gasteiger partial charge in [-0.25, -0.2) is 9.18 Å². The zero-order valence-corrected chi connectivity index (χ0v) is 14.0. The number of fused-ring (bicyclic) bond motifs is 2. The second kappa shape index (κ2) is 6.36. The minimum absolute atomic E-state index is 0.270. The maximum Gasteiger partial charge on any atom is 0.338 e. The van der Waals surface area contributed by atoms with Gasteiger partial charge in [-0.15, -0.1) is 0 Å². The quantitative estimate of drug-likeness (QED) is 0.784. The van der Waals surface area contributed by atoms with Crippen molar-refractivity contribution in [2.45, 2.75) is 24.9 Å². The van der Waals surface area contributed by atoms with E-state index in [9.17, 15) is 9.18 Å². The Kier molecular flexibility index (Phi) is 4.04. The van der Waals surface area contributed by atoms with Gasteiger partial charge in [0.1, 0.15) is 11.4 Å². The van der Waals surface area contributed by atoms with E-state index in [1.54, 1.807) is 6.07 Å². The third-order valence-corrected chi connectivity index (χ3v) is 4.95. The molecule has 2 aliphatic heterocycles. The number of carbonyl (C=O) groups is 1. The molecule has 4 heteroatoms. The Labute approximate surface area is 146 Å². The van der Waals surface area contributed by atoms with E-state index in [0.717, 1.165) is 24.9 Å². The van der Waals surface area contributed by atoms with Gasteiger partial charge in [0.05, 0.1) is 12.1 Å². The number of piperidine rings is 1. The van der Waals surface area contributed by atoms with Gasteiger partial charge >= 0.3 is 5.97 Å². The number of benzene rings is 2. The van der Waals surface area contributed by atoms with Crippen molar-refractivity contribution in [3.8, 4) is 0 Å². The van der Waals surface area contributed by atoms with Crippen LogP contribution in [0, 0.1) is 5.82 Å². The Bertz CT molecular complexity index is 818. The third kappa shape index (κ3) is 3.29. The molecule has 1 unspecified atom stereocenters. The van der Waals surface area contributed by atoms with Gasteiger partial charge in [-0.2, -0.15) is 0 Å². The molecule has 3 nitrogen and oxygen atoms in total. The average molecular weight is 337 g/mol. The third-order valence-electron chi connectivity index (χ3n) is 4.95. The number of hydrogen-bond donors (Lipinski definition) is 0. The Morgan fingerprint density at radius 1 is 1.16 bits per heavy atom. The zero-order valence-electron chi connectivity index (χ0n) is 14.0. The Balaban J connectivity index is 1.55. The van der Waals surface area contributed by atoms with Gasteiger partial charge in [0.25, 0.3) is 0 Å². The standard InChI is InChI=1S/C21H20FNO2/c22-18-9-4-8-17(13-18)20(24)25-21-10-5-11-23(15-21)19(14-21)12-16-6-2-1-3-7-16/h1-4,6-9,12-13H,5,10-11,14-15H2/b19-12+. The number of rotatable bonds is 3. The minimum atomic E-state index is -0.498. The van der Waals surface area contributed by atoms with Crippen LogP contribution in [0.2, 0.25) is 0 Å². The van der Waals surface area contributed by atoms with Gasteiger partial charge in [0.15, 0.2) is 0 Å². The molecule has 0 aliphatic carbocycles. The molecule has 0 N–H and O–H groups in total. The molecule has 0 spiro atoms. The molecule has 2 aromatic carbocycles. The van der Waals surface area contributed by atoms with Crippen molar-refractivity contribution in [1.82, 2.24) is 4.90 Å². The van der Waals surface area contributed by atoms with E-state index < -0.39 is 17.4 Å². The molecular weight excluding hydrogens is 317 g/mol. The smallest absolute Gasteiger partial charge is 0.338 e. The second-order valence-corrected chi connectivity index (χ2v) is 6.83. The summed E-state index contributed by atoms with van der Waals surface area (Å²) in [6, 6.07) is 15.9. The summed E-state index contributed by atoms with van der Waals surface area (Å²) in [7, 11) is 0. The summed E-state index contributed by atoms with van der Waals surface area (Å²) in [6.45, 7) is 1.70. The van der Waals surface area contributed by atoms with E-state index in [4.69, 9.17) is 4.74 Å². The fourth-order valence-electron chi connectivity index (χ4n) is 3.80. The number of nitrogens with zero attached hydrogens (tertiary/aromatic N) is 1. The monoisotopic (exact) mass is 337 g/mol. The zero-order chi connectivity index (χ0) is 17.3. The highest BCUT2D eigenvalue weighted by molar-refractivity contribution is 5.89. The highest BCUT2D eigenvalue weighted by atomic mass is 19.1. The normalized spacial score (nSPS) is 23.7. The molecule has 2 aliphatic rings. The van der Waals surface area contributed by atoms with Crippen molar-refractivity contribution < 1.29 is 13.9 Å². The van der Waals surface area contributed by atoms with Crippen molar-refractivity contribution in [1.29, 1.82) is 0 Å². The summed E-state index contributed by atoms with van der Waals surface area (Å²) in [6.07, 6.45) is 4.71. The second-order valence-electron chi connectivity index (χ2n) is 6.83. The number of ether oxygens (including phenoxy) is 1. The summed E-state index contributed by atoms with van der Waals surface area (Å²) in [4.78, 5) is 14.8. The summed E-state index contributed by atoms with van der Waals surface area (Å²) in [5, 5.41) is 0. The van der Waals surface area contributed by atoms with E-state index in [0.29, 0.717) is 13.0 Å². The lowest BCUT2D eigenvalue weighted by molar-refractivity contribution is -0.0270. The van der Waals surface area contributed by atoms with Crippen molar-refractivity contribution in [3.63, 3.8) is 0 Å². The molecule has 25 heavy (non-hydrogen) atoms.